The van der Waals surface area contributed by atoms with Crippen LogP contribution in [-0.2, 0) is 0 Å². The summed E-state index contributed by atoms with van der Waals surface area (Å²) in [4.78, 5) is 9.20. The fourth-order valence-corrected chi connectivity index (χ4v) is 2.84. The number of anilines is 1. The summed E-state index contributed by atoms with van der Waals surface area (Å²) in [5.74, 6) is 0. The molecule has 0 bridgehead atoms. The topological polar surface area (TPSA) is 19.4 Å². The van der Waals surface area contributed by atoms with Gasteiger partial charge in [-0.25, -0.2) is 0 Å². The van der Waals surface area contributed by atoms with Gasteiger partial charge in [0.25, 0.3) is 0 Å². The highest BCUT2D eigenvalue weighted by molar-refractivity contribution is 5.44. The maximum absolute atomic E-state index is 4.10. The van der Waals surface area contributed by atoms with Crippen LogP contribution >= 0.6 is 0 Å². The summed E-state index contributed by atoms with van der Waals surface area (Å²) in [6, 6.07) is 4.24. The molecule has 0 unspecified atom stereocenters. The molecule has 0 N–H and O–H groups in total. The van der Waals surface area contributed by atoms with E-state index < -0.39 is 0 Å². The zero-order valence-corrected chi connectivity index (χ0v) is 12.2. The van der Waals surface area contributed by atoms with Crippen molar-refractivity contribution < 1.29 is 0 Å². The number of nitrogens with zero attached hydrogens (tertiary/aromatic N) is 3. The first kappa shape index (κ1) is 14.3. The lowest BCUT2D eigenvalue weighted by Crippen LogP contribution is -2.26. The molecule has 1 fully saturated rings. The van der Waals surface area contributed by atoms with Crippen molar-refractivity contribution in [3.63, 3.8) is 0 Å². The molecule has 106 valence electrons. The van der Waals surface area contributed by atoms with Crippen molar-refractivity contribution in [2.75, 3.05) is 37.6 Å². The number of aromatic nitrogens is 1. The standard InChI is InChI=1S/C16H27N3/c1-2-11-19(16-7-9-17-10-8-16)15-6-5-14-18-12-3-4-13-18/h7-10H,2-6,11-15H2,1H3. The molecular weight excluding hydrogens is 234 g/mol. The van der Waals surface area contributed by atoms with E-state index in [1.807, 2.05) is 12.4 Å². The van der Waals surface area contributed by atoms with E-state index in [0.29, 0.717) is 0 Å². The average Bonchev–Trinajstić information content (AvgIpc) is 2.96. The molecule has 1 saturated heterocycles. The summed E-state index contributed by atoms with van der Waals surface area (Å²) in [6.45, 7) is 8.50. The third-order valence-electron chi connectivity index (χ3n) is 3.87. The van der Waals surface area contributed by atoms with E-state index in [1.54, 1.807) is 0 Å². The fraction of sp³-hybridized carbons (Fsp3) is 0.688. The van der Waals surface area contributed by atoms with Crippen LogP contribution in [0.1, 0.15) is 39.0 Å². The largest absolute Gasteiger partial charge is 0.371 e. The van der Waals surface area contributed by atoms with Crippen LogP contribution in [0.25, 0.3) is 0 Å². The zero-order valence-electron chi connectivity index (χ0n) is 12.2. The summed E-state index contributed by atoms with van der Waals surface area (Å²) < 4.78 is 0. The van der Waals surface area contributed by atoms with Gasteiger partial charge in [-0.1, -0.05) is 6.92 Å². The van der Waals surface area contributed by atoms with Crippen molar-refractivity contribution >= 4 is 5.69 Å². The monoisotopic (exact) mass is 261 g/mol. The maximum atomic E-state index is 4.10. The molecule has 3 nitrogen and oxygen atoms in total. The molecule has 0 radical (unpaired) electrons. The van der Waals surface area contributed by atoms with Crippen molar-refractivity contribution in [1.82, 2.24) is 9.88 Å². The minimum atomic E-state index is 1.15. The molecule has 0 atom stereocenters. The number of hydrogen-bond donors (Lipinski definition) is 0. The Labute approximate surface area is 117 Å². The minimum absolute atomic E-state index is 1.15. The fourth-order valence-electron chi connectivity index (χ4n) is 2.84. The summed E-state index contributed by atoms with van der Waals surface area (Å²) in [5.41, 5.74) is 1.32. The van der Waals surface area contributed by atoms with Crippen LogP contribution < -0.4 is 4.90 Å². The smallest absolute Gasteiger partial charge is 0.0397 e. The third-order valence-corrected chi connectivity index (χ3v) is 3.87. The number of hydrogen-bond acceptors (Lipinski definition) is 3. The lowest BCUT2D eigenvalue weighted by atomic mass is 10.2. The highest BCUT2D eigenvalue weighted by Crippen LogP contribution is 2.14. The summed E-state index contributed by atoms with van der Waals surface area (Å²) >= 11 is 0. The molecule has 1 aromatic rings. The van der Waals surface area contributed by atoms with Gasteiger partial charge in [0, 0.05) is 31.2 Å². The van der Waals surface area contributed by atoms with Crippen molar-refractivity contribution in [3.05, 3.63) is 24.5 Å². The molecule has 0 spiro atoms. The van der Waals surface area contributed by atoms with E-state index in [1.165, 1.54) is 64.0 Å². The Kier molecular flexibility index (Phi) is 6.15. The van der Waals surface area contributed by atoms with E-state index in [9.17, 15) is 0 Å². The first-order chi connectivity index (χ1) is 9.40. The van der Waals surface area contributed by atoms with Gasteiger partial charge in [-0.3, -0.25) is 4.98 Å². The Balaban J connectivity index is 1.71. The normalized spacial score (nSPS) is 15.8. The predicted octanol–water partition coefficient (Wildman–Crippen LogP) is 3.17. The summed E-state index contributed by atoms with van der Waals surface area (Å²) in [7, 11) is 0. The number of rotatable bonds is 8. The van der Waals surface area contributed by atoms with Crippen molar-refractivity contribution in [1.29, 1.82) is 0 Å². The molecule has 1 aliphatic heterocycles. The molecule has 3 heteroatoms. The Morgan fingerprint density at radius 2 is 1.84 bits per heavy atom. The highest BCUT2D eigenvalue weighted by Gasteiger charge is 2.11. The molecular formula is C16H27N3. The molecule has 0 aromatic carbocycles. The first-order valence-electron chi connectivity index (χ1n) is 7.77. The Morgan fingerprint density at radius 1 is 1.11 bits per heavy atom. The van der Waals surface area contributed by atoms with E-state index >= 15 is 0 Å². The SMILES string of the molecule is CCCN(CCCCN1CCCC1)c1ccncc1. The number of likely N-dealkylation sites (tertiary alicyclic amines) is 1. The van der Waals surface area contributed by atoms with Crippen LogP contribution in [0.15, 0.2) is 24.5 Å². The molecule has 1 aliphatic rings. The van der Waals surface area contributed by atoms with E-state index in [2.05, 4.69) is 33.8 Å². The van der Waals surface area contributed by atoms with Crippen LogP contribution in [0, 0.1) is 0 Å². The number of unbranched alkanes of at least 4 members (excludes halogenated alkanes) is 1. The Morgan fingerprint density at radius 3 is 2.53 bits per heavy atom. The molecule has 19 heavy (non-hydrogen) atoms. The van der Waals surface area contributed by atoms with Gasteiger partial charge in [0.15, 0.2) is 0 Å². The third kappa shape index (κ3) is 4.83. The Hall–Kier alpha value is -1.09. The van der Waals surface area contributed by atoms with E-state index in [0.717, 1.165) is 6.54 Å². The van der Waals surface area contributed by atoms with Gasteiger partial charge in [-0.15, -0.1) is 0 Å². The second-order valence-corrected chi connectivity index (χ2v) is 5.45. The molecule has 1 aromatic heterocycles. The lowest BCUT2D eigenvalue weighted by Gasteiger charge is -2.24. The molecule has 0 saturated carbocycles. The van der Waals surface area contributed by atoms with Gasteiger partial charge < -0.3 is 9.80 Å². The second kappa shape index (κ2) is 8.16. The van der Waals surface area contributed by atoms with Gasteiger partial charge in [0.2, 0.25) is 0 Å². The van der Waals surface area contributed by atoms with Crippen molar-refractivity contribution in [2.45, 2.75) is 39.0 Å². The van der Waals surface area contributed by atoms with Gasteiger partial charge in [0.1, 0.15) is 0 Å². The Bertz CT molecular complexity index is 333. The number of pyridine rings is 1. The van der Waals surface area contributed by atoms with E-state index in [4.69, 9.17) is 0 Å². The lowest BCUT2D eigenvalue weighted by molar-refractivity contribution is 0.330. The quantitative estimate of drug-likeness (QED) is 0.670. The van der Waals surface area contributed by atoms with Gasteiger partial charge in [0.05, 0.1) is 0 Å². The highest BCUT2D eigenvalue weighted by atomic mass is 15.1. The van der Waals surface area contributed by atoms with Crippen LogP contribution in [0.2, 0.25) is 0 Å². The van der Waals surface area contributed by atoms with Crippen molar-refractivity contribution in [3.8, 4) is 0 Å². The second-order valence-electron chi connectivity index (χ2n) is 5.45. The van der Waals surface area contributed by atoms with Crippen LogP contribution in [-0.4, -0.2) is 42.6 Å². The summed E-state index contributed by atoms with van der Waals surface area (Å²) in [5, 5.41) is 0. The van der Waals surface area contributed by atoms with Gasteiger partial charge in [-0.2, -0.15) is 0 Å². The predicted molar refractivity (Wildman–Crippen MR) is 81.6 cm³/mol. The van der Waals surface area contributed by atoms with Gasteiger partial charge >= 0.3 is 0 Å². The maximum Gasteiger partial charge on any atom is 0.0397 e. The van der Waals surface area contributed by atoms with Crippen LogP contribution in [0.5, 0.6) is 0 Å². The zero-order chi connectivity index (χ0) is 13.3. The minimum Gasteiger partial charge on any atom is -0.371 e. The van der Waals surface area contributed by atoms with E-state index in [-0.39, 0.29) is 0 Å². The molecule has 0 amide bonds. The van der Waals surface area contributed by atoms with Crippen molar-refractivity contribution in [2.24, 2.45) is 0 Å². The molecule has 0 aliphatic carbocycles. The van der Waals surface area contributed by atoms with Crippen LogP contribution in [0.3, 0.4) is 0 Å². The van der Waals surface area contributed by atoms with Crippen LogP contribution in [0.4, 0.5) is 5.69 Å². The molecule has 2 heterocycles. The first-order valence-corrected chi connectivity index (χ1v) is 7.77. The van der Waals surface area contributed by atoms with Gasteiger partial charge in [-0.05, 0) is 63.9 Å². The average molecular weight is 261 g/mol. The summed E-state index contributed by atoms with van der Waals surface area (Å²) in [6.07, 6.45) is 10.4. The molecule has 2 rings (SSSR count).